The molecule has 1 saturated heterocycles. The van der Waals surface area contributed by atoms with E-state index in [9.17, 15) is 8.42 Å². The normalized spacial score (nSPS) is 15.7. The maximum Gasteiger partial charge on any atom is 0.295 e. The number of ether oxygens (including phenoxy) is 1. The lowest BCUT2D eigenvalue weighted by atomic mass is 10.0. The second kappa shape index (κ2) is 9.35. The van der Waals surface area contributed by atoms with Crippen molar-refractivity contribution in [3.8, 4) is 5.75 Å². The van der Waals surface area contributed by atoms with Crippen LogP contribution in [0.2, 0.25) is 0 Å². The third kappa shape index (κ3) is 5.14. The molecular formula is C22H29N5O4S. The number of benzene rings is 2. The largest absolute Gasteiger partial charge is 0.495 e. The quantitative estimate of drug-likeness (QED) is 0.470. The molecule has 1 aliphatic heterocycles. The smallest absolute Gasteiger partial charge is 0.295 e. The topological polar surface area (TPSA) is 123 Å². The Bertz CT molecular complexity index is 1190. The molecule has 0 unspecified atom stereocenters. The van der Waals surface area contributed by atoms with Gasteiger partial charge in [0.25, 0.3) is 6.01 Å². The molecule has 0 atom stereocenters. The maximum atomic E-state index is 11.5. The van der Waals surface area contributed by atoms with E-state index in [1.807, 2.05) is 6.07 Å². The fourth-order valence-corrected chi connectivity index (χ4v) is 4.53. The van der Waals surface area contributed by atoms with E-state index in [0.29, 0.717) is 17.1 Å². The third-order valence-corrected chi connectivity index (χ3v) is 6.55. The molecule has 32 heavy (non-hydrogen) atoms. The molecule has 9 nitrogen and oxygen atoms in total. The van der Waals surface area contributed by atoms with Crippen molar-refractivity contribution in [3.05, 3.63) is 42.0 Å². The summed E-state index contributed by atoms with van der Waals surface area (Å²) in [6.07, 6.45) is 1.91. The third-order valence-electron chi connectivity index (χ3n) is 5.64. The average Bonchev–Trinajstić information content (AvgIpc) is 3.16. The minimum Gasteiger partial charge on any atom is -0.495 e. The van der Waals surface area contributed by atoms with Crippen LogP contribution in [0.5, 0.6) is 5.75 Å². The number of primary sulfonamides is 1. The molecule has 1 fully saturated rings. The molecular weight excluding hydrogens is 430 g/mol. The molecule has 3 aromatic rings. The van der Waals surface area contributed by atoms with Crippen molar-refractivity contribution in [3.63, 3.8) is 0 Å². The number of anilines is 2. The number of nitrogens with zero attached hydrogens (tertiary/aromatic N) is 2. The summed E-state index contributed by atoms with van der Waals surface area (Å²) >= 11 is 0. The predicted octanol–water partition coefficient (Wildman–Crippen LogP) is 2.99. The van der Waals surface area contributed by atoms with E-state index in [1.165, 1.54) is 17.7 Å². The van der Waals surface area contributed by atoms with E-state index < -0.39 is 10.0 Å². The highest BCUT2D eigenvalue weighted by atomic mass is 32.2. The van der Waals surface area contributed by atoms with Gasteiger partial charge in [0.15, 0.2) is 5.58 Å². The molecule has 0 aliphatic carbocycles. The first kappa shape index (κ1) is 22.4. The summed E-state index contributed by atoms with van der Waals surface area (Å²) in [6, 6.07) is 11.3. The number of nitrogens with two attached hydrogens (primary N) is 1. The van der Waals surface area contributed by atoms with E-state index in [1.54, 1.807) is 13.2 Å². The van der Waals surface area contributed by atoms with Gasteiger partial charge in [-0.15, -0.1) is 0 Å². The minimum atomic E-state index is -3.77. The number of oxazole rings is 1. The van der Waals surface area contributed by atoms with Gasteiger partial charge in [0.05, 0.1) is 17.7 Å². The second-order valence-electron chi connectivity index (χ2n) is 7.95. The van der Waals surface area contributed by atoms with Gasteiger partial charge in [-0.3, -0.25) is 4.90 Å². The monoisotopic (exact) mass is 459 g/mol. The van der Waals surface area contributed by atoms with Gasteiger partial charge in [-0.2, -0.15) is 4.98 Å². The van der Waals surface area contributed by atoms with Gasteiger partial charge >= 0.3 is 0 Å². The molecule has 2 aromatic carbocycles. The Morgan fingerprint density at radius 1 is 1.22 bits per heavy atom. The van der Waals surface area contributed by atoms with Crippen molar-refractivity contribution >= 4 is 32.8 Å². The van der Waals surface area contributed by atoms with Crippen LogP contribution in [0.4, 0.5) is 11.7 Å². The molecule has 0 amide bonds. The number of nitrogens with one attached hydrogen (secondary N) is 2. The van der Waals surface area contributed by atoms with Crippen molar-refractivity contribution < 1.29 is 17.6 Å². The van der Waals surface area contributed by atoms with Crippen molar-refractivity contribution in [1.29, 1.82) is 0 Å². The van der Waals surface area contributed by atoms with Crippen LogP contribution in [0.25, 0.3) is 11.1 Å². The lowest BCUT2D eigenvalue weighted by Crippen LogP contribution is -2.38. The van der Waals surface area contributed by atoms with Crippen molar-refractivity contribution in [1.82, 2.24) is 9.88 Å². The molecule has 1 aliphatic rings. The summed E-state index contributed by atoms with van der Waals surface area (Å²) in [5, 5.41) is 11.9. The summed E-state index contributed by atoms with van der Waals surface area (Å²) in [7, 11) is -2.09. The number of hydrogen-bond donors (Lipinski definition) is 3. The first-order chi connectivity index (χ1) is 15.4. The number of fused-ring (bicyclic) bond motifs is 1. The predicted molar refractivity (Wildman–Crippen MR) is 124 cm³/mol. The summed E-state index contributed by atoms with van der Waals surface area (Å²) in [6.45, 7) is 5.70. The molecule has 0 saturated carbocycles. The Hall–Kier alpha value is -2.82. The molecule has 0 radical (unpaired) electrons. The highest BCUT2D eigenvalue weighted by molar-refractivity contribution is 7.89. The van der Waals surface area contributed by atoms with Gasteiger partial charge in [0.2, 0.25) is 10.0 Å². The number of sulfonamides is 1. The zero-order valence-corrected chi connectivity index (χ0v) is 19.1. The summed E-state index contributed by atoms with van der Waals surface area (Å²) in [5.74, 6) is 0.855. The maximum absolute atomic E-state index is 11.5. The first-order valence-corrected chi connectivity index (χ1v) is 12.2. The summed E-state index contributed by atoms with van der Waals surface area (Å²) < 4.78 is 34.2. The van der Waals surface area contributed by atoms with Crippen LogP contribution >= 0.6 is 0 Å². The van der Waals surface area contributed by atoms with Crippen LogP contribution < -0.4 is 20.5 Å². The fourth-order valence-electron chi connectivity index (χ4n) is 4.00. The Morgan fingerprint density at radius 2 is 2.00 bits per heavy atom. The van der Waals surface area contributed by atoms with E-state index in [0.717, 1.165) is 50.5 Å². The number of methoxy groups -OCH3 is 1. The standard InChI is InChI=1S/C22H29N5O4S/c1-3-24-18-12-15(4-6-20(18)30-2)14-27-10-8-16(9-11-27)25-22-26-19-13-17(32(23,28)29)5-7-21(19)31-22/h4-7,12-13,16,24H,3,8-11,14H2,1-2H3,(H,25,26)(H2,23,28,29). The molecule has 4 N–H and O–H groups in total. The minimum absolute atomic E-state index is 0.0222. The van der Waals surface area contributed by atoms with Crippen molar-refractivity contribution in [2.75, 3.05) is 37.4 Å². The zero-order chi connectivity index (χ0) is 22.7. The SMILES string of the molecule is CCNc1cc(CN2CCC(Nc3nc4cc(S(N)(=O)=O)ccc4o3)CC2)ccc1OC. The molecule has 0 bridgehead atoms. The fraction of sp³-hybridized carbons (Fsp3) is 0.409. The van der Waals surface area contributed by atoms with E-state index in [-0.39, 0.29) is 10.9 Å². The van der Waals surface area contributed by atoms with Gasteiger partial charge in [-0.25, -0.2) is 13.6 Å². The number of rotatable bonds is 8. The molecule has 2 heterocycles. The zero-order valence-electron chi connectivity index (χ0n) is 18.3. The Morgan fingerprint density at radius 3 is 2.69 bits per heavy atom. The molecule has 10 heteroatoms. The first-order valence-electron chi connectivity index (χ1n) is 10.7. The van der Waals surface area contributed by atoms with Crippen LogP contribution in [-0.4, -0.2) is 51.1 Å². The van der Waals surface area contributed by atoms with Crippen LogP contribution in [0, 0.1) is 0 Å². The number of piperidine rings is 1. The number of likely N-dealkylation sites (tertiary alicyclic amines) is 1. The summed E-state index contributed by atoms with van der Waals surface area (Å²) in [5.41, 5.74) is 3.25. The van der Waals surface area contributed by atoms with Crippen LogP contribution in [0.15, 0.2) is 45.7 Å². The number of aromatic nitrogens is 1. The van der Waals surface area contributed by atoms with Gasteiger partial charge in [-0.05, 0) is 55.7 Å². The van der Waals surface area contributed by atoms with Gasteiger partial charge in [0.1, 0.15) is 11.3 Å². The molecule has 172 valence electrons. The van der Waals surface area contributed by atoms with E-state index in [4.69, 9.17) is 14.3 Å². The van der Waals surface area contributed by atoms with Gasteiger partial charge in [-0.1, -0.05) is 6.07 Å². The van der Waals surface area contributed by atoms with Crippen molar-refractivity contribution in [2.24, 2.45) is 5.14 Å². The molecule has 4 rings (SSSR count). The van der Waals surface area contributed by atoms with Gasteiger partial charge < -0.3 is 19.8 Å². The highest BCUT2D eigenvalue weighted by Crippen LogP contribution is 2.27. The average molecular weight is 460 g/mol. The molecule has 0 spiro atoms. The van der Waals surface area contributed by atoms with Crippen LogP contribution in [0.3, 0.4) is 0 Å². The lowest BCUT2D eigenvalue weighted by Gasteiger charge is -2.32. The highest BCUT2D eigenvalue weighted by Gasteiger charge is 2.21. The van der Waals surface area contributed by atoms with Crippen LogP contribution in [-0.2, 0) is 16.6 Å². The van der Waals surface area contributed by atoms with Gasteiger partial charge in [0, 0.05) is 32.2 Å². The second-order valence-corrected chi connectivity index (χ2v) is 9.51. The Balaban J connectivity index is 1.34. The number of hydrogen-bond acceptors (Lipinski definition) is 8. The Kier molecular flexibility index (Phi) is 6.54. The van der Waals surface area contributed by atoms with Crippen LogP contribution in [0.1, 0.15) is 25.3 Å². The van der Waals surface area contributed by atoms with E-state index in [2.05, 4.69) is 39.6 Å². The lowest BCUT2D eigenvalue weighted by molar-refractivity contribution is 0.210. The summed E-state index contributed by atoms with van der Waals surface area (Å²) in [4.78, 5) is 6.83. The van der Waals surface area contributed by atoms with E-state index >= 15 is 0 Å². The Labute approximate surface area is 188 Å². The van der Waals surface area contributed by atoms with Crippen molar-refractivity contribution in [2.45, 2.75) is 37.2 Å². The molecule has 1 aromatic heterocycles.